The van der Waals surface area contributed by atoms with Crippen LogP contribution in [0.25, 0.3) is 0 Å². The fourth-order valence-electron chi connectivity index (χ4n) is 4.63. The summed E-state index contributed by atoms with van der Waals surface area (Å²) in [6, 6.07) is 14.1. The Morgan fingerprint density at radius 1 is 1.11 bits per heavy atom. The second-order valence-electron chi connectivity index (χ2n) is 10.7. The van der Waals surface area contributed by atoms with Crippen LogP contribution in [-0.4, -0.2) is 69.8 Å². The highest BCUT2D eigenvalue weighted by Gasteiger charge is 2.39. The van der Waals surface area contributed by atoms with Gasteiger partial charge in [-0.1, -0.05) is 81.5 Å². The number of allylic oxidation sites excluding steroid dienone is 4. The number of likely N-dealkylation sites (tertiary alicyclic amines) is 1. The molecule has 0 aliphatic carbocycles. The van der Waals surface area contributed by atoms with Gasteiger partial charge in [-0.05, 0) is 92.3 Å². The third-order valence-electron chi connectivity index (χ3n) is 7.40. The molecule has 2 amide bonds. The quantitative estimate of drug-likeness (QED) is 0.251. The second kappa shape index (κ2) is 22.1. The summed E-state index contributed by atoms with van der Waals surface area (Å²) in [6.45, 7) is 22.1. The summed E-state index contributed by atoms with van der Waals surface area (Å²) in [5, 5.41) is 3.65. The van der Waals surface area contributed by atoms with E-state index in [1.165, 1.54) is 18.4 Å². The Bertz CT molecular complexity index is 1250. The smallest absolute Gasteiger partial charge is 0.285 e. The molecule has 2 aliphatic rings. The van der Waals surface area contributed by atoms with Crippen molar-refractivity contribution in [1.29, 1.82) is 0 Å². The normalized spacial score (nSPS) is 15.1. The summed E-state index contributed by atoms with van der Waals surface area (Å²) in [5.74, 6) is 0.933. The Kier molecular flexibility index (Phi) is 19.4. The van der Waals surface area contributed by atoms with Gasteiger partial charge < -0.3 is 4.90 Å². The Balaban J connectivity index is 0.000000384. The number of carbonyl (C=O) groups excluding carboxylic acids is 2. The Morgan fingerprint density at radius 2 is 1.71 bits per heavy atom. The molecule has 3 heterocycles. The van der Waals surface area contributed by atoms with E-state index in [1.807, 2.05) is 88.3 Å². The Hall–Kier alpha value is -3.49. The van der Waals surface area contributed by atoms with Crippen LogP contribution in [0.1, 0.15) is 65.5 Å². The summed E-state index contributed by atoms with van der Waals surface area (Å²) in [6.07, 6.45) is 13.5. The molecule has 1 aromatic carbocycles. The fraction of sp³-hybridized carbons (Fsp3) is 0.432. The number of nitrogens with zero attached hydrogens (tertiary/aromatic N) is 5. The number of hydrogen-bond acceptors (Lipinski definition) is 5. The number of aryl methyl sites for hydroxylation is 1. The van der Waals surface area contributed by atoms with E-state index in [-0.39, 0.29) is 11.8 Å². The number of piperidine rings is 1. The Labute approximate surface area is 281 Å². The third-order valence-corrected chi connectivity index (χ3v) is 8.20. The Morgan fingerprint density at radius 3 is 2.18 bits per heavy atom. The summed E-state index contributed by atoms with van der Waals surface area (Å²) in [5.41, 5.74) is 4.44. The van der Waals surface area contributed by atoms with Crippen LogP contribution in [0.5, 0.6) is 0 Å². The molecule has 0 atom stereocenters. The SMILES string of the molecule is C=C/C=C\C(=C/C)N(C)N1C(=O)C(Br)=C1CN1CCC(C)CC1.CC.CCN(Cc1ccncc1)C(C)=O.Cc1ccccc1. The molecular formula is C37H54BrN5O2. The third kappa shape index (κ3) is 13.6. The first-order valence-corrected chi connectivity index (χ1v) is 16.7. The molecule has 1 saturated heterocycles. The zero-order chi connectivity index (χ0) is 33.8. The van der Waals surface area contributed by atoms with E-state index in [1.54, 1.807) is 35.3 Å². The van der Waals surface area contributed by atoms with Crippen LogP contribution in [-0.2, 0) is 16.1 Å². The molecule has 0 bridgehead atoms. The molecule has 0 N–H and O–H groups in total. The first-order valence-electron chi connectivity index (χ1n) is 15.9. The maximum absolute atomic E-state index is 12.3. The largest absolute Gasteiger partial charge is 0.339 e. The number of halogens is 1. The number of benzene rings is 1. The van der Waals surface area contributed by atoms with Gasteiger partial charge in [0.2, 0.25) is 5.91 Å². The van der Waals surface area contributed by atoms with Crippen molar-refractivity contribution in [3.8, 4) is 0 Å². The maximum atomic E-state index is 12.3. The molecule has 0 radical (unpaired) electrons. The molecule has 8 heteroatoms. The second-order valence-corrected chi connectivity index (χ2v) is 11.5. The van der Waals surface area contributed by atoms with Crippen molar-refractivity contribution in [2.45, 2.75) is 67.9 Å². The minimum absolute atomic E-state index is 0.0132. The molecule has 45 heavy (non-hydrogen) atoms. The lowest BCUT2D eigenvalue weighted by Crippen LogP contribution is -2.53. The zero-order valence-corrected chi connectivity index (χ0v) is 30.3. The van der Waals surface area contributed by atoms with Gasteiger partial charge in [0, 0.05) is 46.0 Å². The number of hydrogen-bond donors (Lipinski definition) is 0. The summed E-state index contributed by atoms with van der Waals surface area (Å²) in [4.78, 5) is 31.5. The average Bonchev–Trinajstić information content (AvgIpc) is 3.06. The van der Waals surface area contributed by atoms with E-state index in [0.29, 0.717) is 11.0 Å². The predicted molar refractivity (Wildman–Crippen MR) is 192 cm³/mol. The van der Waals surface area contributed by atoms with E-state index in [9.17, 15) is 9.59 Å². The molecule has 2 aliphatic heterocycles. The van der Waals surface area contributed by atoms with Crippen molar-refractivity contribution < 1.29 is 9.59 Å². The van der Waals surface area contributed by atoms with Crippen molar-refractivity contribution in [2.75, 3.05) is 33.2 Å². The summed E-state index contributed by atoms with van der Waals surface area (Å²) >= 11 is 3.44. The molecule has 0 spiro atoms. The van der Waals surface area contributed by atoms with Crippen molar-refractivity contribution in [3.63, 3.8) is 0 Å². The van der Waals surface area contributed by atoms with Crippen LogP contribution < -0.4 is 0 Å². The minimum Gasteiger partial charge on any atom is -0.339 e. The highest BCUT2D eigenvalue weighted by molar-refractivity contribution is 9.12. The number of amides is 2. The van der Waals surface area contributed by atoms with E-state index in [0.717, 1.165) is 49.1 Å². The van der Waals surface area contributed by atoms with Crippen molar-refractivity contribution >= 4 is 27.7 Å². The summed E-state index contributed by atoms with van der Waals surface area (Å²) < 4.78 is 0.700. The van der Waals surface area contributed by atoms with Gasteiger partial charge in [-0.15, -0.1) is 0 Å². The number of pyridine rings is 1. The molecular weight excluding hydrogens is 626 g/mol. The lowest BCUT2D eigenvalue weighted by molar-refractivity contribution is -0.140. The van der Waals surface area contributed by atoms with Crippen LogP contribution in [0.4, 0.5) is 0 Å². The number of hydrazine groups is 1. The van der Waals surface area contributed by atoms with Gasteiger partial charge in [-0.2, -0.15) is 0 Å². The first kappa shape index (κ1) is 39.5. The van der Waals surface area contributed by atoms with Gasteiger partial charge in [0.25, 0.3) is 5.91 Å². The van der Waals surface area contributed by atoms with Gasteiger partial charge in [-0.25, -0.2) is 5.01 Å². The van der Waals surface area contributed by atoms with E-state index in [2.05, 4.69) is 58.4 Å². The van der Waals surface area contributed by atoms with Gasteiger partial charge in [-0.3, -0.25) is 24.5 Å². The number of likely N-dealkylation sites (N-methyl/N-ethyl adjacent to an activating group) is 1. The van der Waals surface area contributed by atoms with Crippen molar-refractivity contribution in [3.05, 3.63) is 113 Å². The highest BCUT2D eigenvalue weighted by Crippen LogP contribution is 2.34. The van der Waals surface area contributed by atoms with Crippen LogP contribution in [0, 0.1) is 12.8 Å². The average molecular weight is 681 g/mol. The molecule has 0 unspecified atom stereocenters. The predicted octanol–water partition coefficient (Wildman–Crippen LogP) is 8.13. The van der Waals surface area contributed by atoms with Crippen LogP contribution in [0.3, 0.4) is 0 Å². The number of rotatable bonds is 9. The number of aromatic nitrogens is 1. The lowest BCUT2D eigenvalue weighted by Gasteiger charge is -2.44. The highest BCUT2D eigenvalue weighted by atomic mass is 79.9. The van der Waals surface area contributed by atoms with Gasteiger partial charge >= 0.3 is 0 Å². The first-order chi connectivity index (χ1) is 21.6. The molecule has 0 saturated carbocycles. The summed E-state index contributed by atoms with van der Waals surface area (Å²) in [7, 11) is 1.92. The molecule has 2 aromatic rings. The standard InChI is InChI=1S/C18H26BrN3O.C10H14N2O.C7H8.C2H6/c1-5-7-8-15(6-2)20(4)22-16(17(19)18(22)23)13-21-11-9-14(3)10-12-21;1-3-12(9(2)13)8-10-4-6-11-7-5-10;1-7-5-3-2-4-6-7;1-2/h5-8,14H,1,9-13H2,2-4H3;4-7H,3,8H2,1-2H3;2-6H,1H3;1-2H3/b8-7-,15-6+;;;. The van der Waals surface area contributed by atoms with E-state index >= 15 is 0 Å². The molecule has 246 valence electrons. The van der Waals surface area contributed by atoms with Crippen LogP contribution >= 0.6 is 15.9 Å². The molecule has 4 rings (SSSR count). The van der Waals surface area contributed by atoms with Gasteiger partial charge in [0.15, 0.2) is 0 Å². The monoisotopic (exact) mass is 679 g/mol. The topological polar surface area (TPSA) is 60.0 Å². The van der Waals surface area contributed by atoms with Gasteiger partial charge in [0.05, 0.1) is 11.4 Å². The molecule has 1 fully saturated rings. The fourth-order valence-corrected chi connectivity index (χ4v) is 5.09. The minimum atomic E-state index is 0.0132. The van der Waals surface area contributed by atoms with Gasteiger partial charge in [0.1, 0.15) is 4.48 Å². The molecule has 1 aromatic heterocycles. The van der Waals surface area contributed by atoms with E-state index < -0.39 is 0 Å². The molecule has 7 nitrogen and oxygen atoms in total. The maximum Gasteiger partial charge on any atom is 0.285 e. The van der Waals surface area contributed by atoms with Crippen LogP contribution in [0.2, 0.25) is 0 Å². The van der Waals surface area contributed by atoms with E-state index in [4.69, 9.17) is 0 Å². The van der Waals surface area contributed by atoms with Crippen molar-refractivity contribution in [2.24, 2.45) is 5.92 Å². The van der Waals surface area contributed by atoms with Crippen LogP contribution in [0.15, 0.2) is 102 Å². The number of carbonyl (C=O) groups is 2. The lowest BCUT2D eigenvalue weighted by atomic mass is 9.99. The van der Waals surface area contributed by atoms with Crippen molar-refractivity contribution in [1.82, 2.24) is 24.8 Å². The zero-order valence-electron chi connectivity index (χ0n) is 28.7.